The van der Waals surface area contributed by atoms with Crippen molar-refractivity contribution in [2.24, 2.45) is 5.92 Å². The zero-order valence-electron chi connectivity index (χ0n) is 57.9. The standard InChI is InChI=1S/C36H40F2N4O7S.C22H14F2N2O5S.C15H29NO3/c1-22(2)42(21-36(13-15-46-16-14-36)39-34(45)49-35(3,4)5)33(44)31-30(47-19-23-9-7-6-8-10-23)29(43)26(20-48-31)32-41-40-28(50-32)17-24-11-12-25(37)18-27(24)38;23-14-7-6-13(16(24)9-14)8-17-25-26-21(32-17)15-11-31-20(22(28)29)19(18(15)27)30-10-12-4-2-1-3-5-12;1-12(2)6-7-15(8-10-18-11-9-15)16-13(17)19-14(3,4)5/h6-12,18,20,22H,13-17,19,21H2,1-5H3,(H,39,45);1-7,9,11H,8,10H2,(H,28,29);12H,6-11H2,1-5H3,(H,16,17). The van der Waals surface area contributed by atoms with E-state index in [0.717, 1.165) is 96.3 Å². The molecular weight excluding hydrogens is 1350 g/mol. The predicted molar refractivity (Wildman–Crippen MR) is 369 cm³/mol. The quantitative estimate of drug-likeness (QED) is 0.0532. The number of carbonyl (C=O) groups excluding carboxylic acids is 3. The lowest BCUT2D eigenvalue weighted by Gasteiger charge is -2.42. The molecule has 2 aliphatic heterocycles. The summed E-state index contributed by atoms with van der Waals surface area (Å²) in [6.45, 7) is 21.2. The van der Waals surface area contributed by atoms with Crippen LogP contribution < -0.4 is 31.0 Å². The summed E-state index contributed by atoms with van der Waals surface area (Å²) in [5.41, 5.74) is -1.71. The highest BCUT2D eigenvalue weighted by atomic mass is 32.1. The molecule has 0 bridgehead atoms. The van der Waals surface area contributed by atoms with Gasteiger partial charge in [-0.05, 0) is 134 Å². The number of benzene rings is 4. The van der Waals surface area contributed by atoms with Crippen LogP contribution in [0.25, 0.3) is 21.1 Å². The summed E-state index contributed by atoms with van der Waals surface area (Å²) in [6, 6.07) is 24.1. The van der Waals surface area contributed by atoms with Crippen molar-refractivity contribution in [1.29, 1.82) is 0 Å². The van der Waals surface area contributed by atoms with E-state index in [2.05, 4.69) is 44.9 Å². The Hall–Kier alpha value is -9.38. The number of carboxylic acids is 1. The maximum atomic E-state index is 14.4. The Bertz CT molecular complexity index is 4240. The van der Waals surface area contributed by atoms with Crippen molar-refractivity contribution in [3.8, 4) is 32.6 Å². The first-order valence-corrected chi connectivity index (χ1v) is 34.4. The number of hydrogen-bond donors (Lipinski definition) is 3. The number of aromatic carboxylic acids is 1. The molecular formula is C73H83F4N7O15S2. The van der Waals surface area contributed by atoms with Gasteiger partial charge in [0.1, 0.15) is 70.2 Å². The highest BCUT2D eigenvalue weighted by Gasteiger charge is 2.41. The van der Waals surface area contributed by atoms with Crippen LogP contribution in [0.2, 0.25) is 0 Å². The molecule has 6 heterocycles. The maximum absolute atomic E-state index is 14.4. The van der Waals surface area contributed by atoms with Crippen molar-refractivity contribution in [3.05, 3.63) is 197 Å². The van der Waals surface area contributed by atoms with Crippen molar-refractivity contribution in [1.82, 2.24) is 35.9 Å². The lowest BCUT2D eigenvalue weighted by atomic mass is 9.83. The number of nitrogens with one attached hydrogen (secondary N) is 2. The molecule has 0 aliphatic carbocycles. The Balaban J connectivity index is 0.000000216. The van der Waals surface area contributed by atoms with Crippen molar-refractivity contribution in [2.45, 2.75) is 162 Å². The van der Waals surface area contributed by atoms with Crippen LogP contribution in [-0.4, -0.2) is 116 Å². The van der Waals surface area contributed by atoms with Gasteiger partial charge in [-0.1, -0.05) is 109 Å². The van der Waals surface area contributed by atoms with Crippen LogP contribution >= 0.6 is 22.7 Å². The van der Waals surface area contributed by atoms with Crippen molar-refractivity contribution in [3.63, 3.8) is 0 Å². The fraction of sp³-hybridized carbons (Fsp3) is 0.425. The van der Waals surface area contributed by atoms with Gasteiger partial charge in [-0.25, -0.2) is 31.9 Å². The molecule has 22 nitrogen and oxygen atoms in total. The van der Waals surface area contributed by atoms with Gasteiger partial charge >= 0.3 is 18.2 Å². The van der Waals surface area contributed by atoms with Gasteiger partial charge in [-0.3, -0.25) is 14.4 Å². The van der Waals surface area contributed by atoms with E-state index in [4.69, 9.17) is 37.3 Å². The monoisotopic (exact) mass is 1440 g/mol. The molecule has 101 heavy (non-hydrogen) atoms. The first-order chi connectivity index (χ1) is 47.9. The zero-order chi connectivity index (χ0) is 73.2. The number of nitrogens with zero attached hydrogens (tertiary/aromatic N) is 5. The number of ether oxygens (including phenoxy) is 6. The largest absolute Gasteiger partial charge is 0.481 e. The number of carbonyl (C=O) groups is 4. The zero-order valence-corrected chi connectivity index (χ0v) is 59.5. The molecule has 4 aromatic carbocycles. The molecule has 3 N–H and O–H groups in total. The van der Waals surface area contributed by atoms with Gasteiger partial charge in [0.15, 0.2) is 10.0 Å². The summed E-state index contributed by atoms with van der Waals surface area (Å²) in [5, 5.41) is 32.6. The summed E-state index contributed by atoms with van der Waals surface area (Å²) < 4.78 is 99.3. The summed E-state index contributed by atoms with van der Waals surface area (Å²) in [4.78, 5) is 79.4. The van der Waals surface area contributed by atoms with E-state index in [1.54, 1.807) is 45.0 Å². The molecule has 28 heteroatoms. The van der Waals surface area contributed by atoms with Gasteiger partial charge in [0, 0.05) is 69.5 Å². The molecule has 0 radical (unpaired) electrons. The smallest absolute Gasteiger partial charge is 0.408 e. The van der Waals surface area contributed by atoms with Crippen molar-refractivity contribution < 1.29 is 79.1 Å². The Morgan fingerprint density at radius 1 is 0.594 bits per heavy atom. The van der Waals surface area contributed by atoms with Crippen LogP contribution in [0.4, 0.5) is 27.2 Å². The fourth-order valence-electron chi connectivity index (χ4n) is 10.6. The van der Waals surface area contributed by atoms with Crippen LogP contribution in [0.15, 0.2) is 128 Å². The van der Waals surface area contributed by atoms with Crippen LogP contribution in [0.5, 0.6) is 11.5 Å². The normalized spacial score (nSPS) is 14.1. The first-order valence-electron chi connectivity index (χ1n) is 32.8. The van der Waals surface area contributed by atoms with Crippen molar-refractivity contribution in [2.75, 3.05) is 33.0 Å². The van der Waals surface area contributed by atoms with E-state index < -0.39 is 80.3 Å². The first kappa shape index (κ1) is 77.4. The second kappa shape index (κ2) is 34.8. The number of hydrogen-bond acceptors (Lipinski definition) is 20. The van der Waals surface area contributed by atoms with E-state index >= 15 is 0 Å². The molecule has 0 atom stereocenters. The summed E-state index contributed by atoms with van der Waals surface area (Å²) in [5.74, 6) is -5.99. The summed E-state index contributed by atoms with van der Waals surface area (Å²) in [7, 11) is 0. The van der Waals surface area contributed by atoms with Crippen LogP contribution in [-0.2, 0) is 45.0 Å². The predicted octanol–water partition coefficient (Wildman–Crippen LogP) is 14.3. The SMILES string of the molecule is CC(C)CCC1(NC(=O)OC(C)(C)C)CCOCC1.CC(C)N(CC1(NC(=O)OC(C)(C)C)CCOCC1)C(=O)c1occ(-c2nnc(Cc3ccc(F)cc3F)s2)c(=O)c1OCc1ccccc1.O=C(O)c1occ(-c2nnc(Cc3ccc(F)cc3F)s2)c(=O)c1OCc1ccccc1. The molecule has 540 valence electrons. The number of amides is 3. The molecule has 2 fully saturated rings. The molecule has 8 aromatic rings. The number of halogens is 4. The fourth-order valence-corrected chi connectivity index (χ4v) is 12.3. The maximum Gasteiger partial charge on any atom is 0.408 e. The minimum absolute atomic E-state index is 0.00321. The van der Waals surface area contributed by atoms with E-state index in [0.29, 0.717) is 55.2 Å². The van der Waals surface area contributed by atoms with Crippen molar-refractivity contribution >= 4 is 46.7 Å². The second-order valence-electron chi connectivity index (χ2n) is 27.0. The van der Waals surface area contributed by atoms with Crippen LogP contribution in [0, 0.1) is 29.2 Å². The van der Waals surface area contributed by atoms with Gasteiger partial charge in [0.25, 0.3) is 11.7 Å². The third-order valence-electron chi connectivity index (χ3n) is 15.8. The Labute approximate surface area is 589 Å². The Morgan fingerprint density at radius 3 is 1.42 bits per heavy atom. The molecule has 0 unspecified atom stereocenters. The summed E-state index contributed by atoms with van der Waals surface area (Å²) in [6.07, 6.45) is 5.94. The minimum Gasteiger partial charge on any atom is -0.481 e. The Kier molecular flexibility index (Phi) is 26.7. The van der Waals surface area contributed by atoms with Gasteiger partial charge in [-0.2, -0.15) is 0 Å². The summed E-state index contributed by atoms with van der Waals surface area (Å²) >= 11 is 2.03. The average Bonchev–Trinajstić information content (AvgIpc) is 1.77. The van der Waals surface area contributed by atoms with Gasteiger partial charge in [0.05, 0.1) is 16.7 Å². The number of carboxylic acid groups (broad SMARTS) is 1. The highest BCUT2D eigenvalue weighted by molar-refractivity contribution is 7.15. The molecule has 3 amide bonds. The lowest BCUT2D eigenvalue weighted by Crippen LogP contribution is -2.60. The van der Waals surface area contributed by atoms with E-state index in [9.17, 15) is 51.4 Å². The van der Waals surface area contributed by atoms with Gasteiger partial charge in [-0.15, -0.1) is 20.4 Å². The third kappa shape index (κ3) is 22.6. The van der Waals surface area contributed by atoms with Crippen LogP contribution in [0.3, 0.4) is 0 Å². The third-order valence-corrected chi connectivity index (χ3v) is 17.8. The molecule has 4 aromatic heterocycles. The molecule has 2 aliphatic rings. The van der Waals surface area contributed by atoms with Gasteiger partial charge < -0.3 is 57.9 Å². The molecule has 0 saturated carbocycles. The highest BCUT2D eigenvalue weighted by Crippen LogP contribution is 2.33. The topological polar surface area (TPSA) is 283 Å². The van der Waals surface area contributed by atoms with E-state index in [1.165, 1.54) is 17.0 Å². The number of aromatic nitrogens is 4. The lowest BCUT2D eigenvalue weighted by molar-refractivity contribution is 0.00216. The molecule has 2 saturated heterocycles. The minimum atomic E-state index is -1.46. The molecule has 0 spiro atoms. The number of alkyl carbamates (subject to hydrolysis) is 2. The van der Waals surface area contributed by atoms with Gasteiger partial charge in [0.2, 0.25) is 28.1 Å². The Morgan fingerprint density at radius 2 is 1.01 bits per heavy atom. The number of rotatable bonds is 22. The van der Waals surface area contributed by atoms with E-state index in [-0.39, 0.29) is 94.1 Å². The van der Waals surface area contributed by atoms with Crippen LogP contribution in [0.1, 0.15) is 161 Å². The van der Waals surface area contributed by atoms with E-state index in [1.807, 2.05) is 71.0 Å². The average molecular weight is 1440 g/mol. The molecule has 10 rings (SSSR count). The second-order valence-corrected chi connectivity index (χ2v) is 29.1.